The third-order valence-electron chi connectivity index (χ3n) is 3.10. The number of halogens is 8. The van der Waals surface area contributed by atoms with Gasteiger partial charge in [-0.05, 0) is 19.1 Å². The maximum Gasteiger partial charge on any atom is 0.426 e. The van der Waals surface area contributed by atoms with E-state index in [0.717, 1.165) is 6.08 Å². The Bertz CT molecular complexity index is 681. The molecule has 158 valence electrons. The van der Waals surface area contributed by atoms with E-state index in [9.17, 15) is 13.2 Å². The van der Waals surface area contributed by atoms with E-state index in [1.165, 1.54) is 18.2 Å². The highest BCUT2D eigenvalue weighted by atomic mass is 35.5. The van der Waals surface area contributed by atoms with Crippen LogP contribution in [0.15, 0.2) is 33.8 Å². The Kier molecular flexibility index (Phi) is 11.2. The first-order valence-electron chi connectivity index (χ1n) is 7.81. The van der Waals surface area contributed by atoms with Gasteiger partial charge in [0.1, 0.15) is 21.9 Å². The fourth-order valence-electron chi connectivity index (χ4n) is 1.77. The van der Waals surface area contributed by atoms with E-state index >= 15 is 0 Å². The zero-order valence-electron chi connectivity index (χ0n) is 14.5. The normalized spacial score (nSPS) is 13.2. The molecule has 1 unspecified atom stereocenters. The van der Waals surface area contributed by atoms with Crippen molar-refractivity contribution in [1.82, 2.24) is 0 Å². The Balaban J connectivity index is 2.51. The molecule has 0 heterocycles. The van der Waals surface area contributed by atoms with Crippen molar-refractivity contribution in [2.24, 2.45) is 0 Å². The number of ether oxygens (including phenoxy) is 3. The second-order valence-corrected chi connectivity index (χ2v) is 7.59. The molecule has 0 saturated heterocycles. The van der Waals surface area contributed by atoms with Crippen LogP contribution in [0.2, 0.25) is 10.0 Å². The van der Waals surface area contributed by atoms with Gasteiger partial charge in [-0.1, -0.05) is 58.0 Å². The summed E-state index contributed by atoms with van der Waals surface area (Å²) in [5.74, 6) is 0.659. The number of rotatable bonds is 10. The summed E-state index contributed by atoms with van der Waals surface area (Å²) in [6, 6.07) is 3.04. The van der Waals surface area contributed by atoms with Gasteiger partial charge in [0.2, 0.25) is 0 Å². The SMILES string of the molecule is CC(CCOCC=C(Cl)C(F)(F)F)Oc1c(Cl)cc(OCC=C(Cl)Cl)cc1Cl. The first-order valence-corrected chi connectivity index (χ1v) is 9.70. The molecule has 0 aliphatic rings. The van der Waals surface area contributed by atoms with Gasteiger partial charge in [0.25, 0.3) is 0 Å². The van der Waals surface area contributed by atoms with Crippen LogP contribution in [-0.2, 0) is 4.74 Å². The average Bonchev–Trinajstić information content (AvgIpc) is 2.56. The predicted molar refractivity (Wildman–Crippen MR) is 107 cm³/mol. The quantitative estimate of drug-likeness (QED) is 0.309. The molecule has 0 aromatic heterocycles. The van der Waals surface area contributed by atoms with Gasteiger partial charge in [-0.3, -0.25) is 0 Å². The fraction of sp³-hybridized carbons (Fsp3) is 0.412. The monoisotopic (exact) mass is 500 g/mol. The van der Waals surface area contributed by atoms with Crippen LogP contribution in [0.3, 0.4) is 0 Å². The van der Waals surface area contributed by atoms with Crippen LogP contribution in [0.1, 0.15) is 13.3 Å². The summed E-state index contributed by atoms with van der Waals surface area (Å²) in [6.45, 7) is 1.77. The van der Waals surface area contributed by atoms with E-state index in [1.807, 2.05) is 0 Å². The van der Waals surface area contributed by atoms with Gasteiger partial charge < -0.3 is 14.2 Å². The standard InChI is InChI=1S/C17H16Cl5F3O3/c1-10(2-5-26-6-3-14(20)17(23,24)25)28-16-12(18)8-11(9-13(16)19)27-7-4-15(21)22/h3-4,8-10H,2,5-7H2,1H3. The van der Waals surface area contributed by atoms with Crippen LogP contribution in [0.4, 0.5) is 13.2 Å². The minimum absolute atomic E-state index is 0.0735. The Morgan fingerprint density at radius 2 is 1.68 bits per heavy atom. The Morgan fingerprint density at radius 1 is 1.07 bits per heavy atom. The van der Waals surface area contributed by atoms with Crippen LogP contribution in [-0.4, -0.2) is 32.1 Å². The average molecular weight is 503 g/mol. The molecule has 0 fully saturated rings. The highest BCUT2D eigenvalue weighted by molar-refractivity contribution is 6.55. The summed E-state index contributed by atoms with van der Waals surface area (Å²) in [5.41, 5.74) is 0. The van der Waals surface area contributed by atoms with E-state index < -0.39 is 11.2 Å². The fourth-order valence-corrected chi connectivity index (χ4v) is 2.52. The smallest absolute Gasteiger partial charge is 0.426 e. The number of allylic oxidation sites excluding steroid dienone is 1. The summed E-state index contributed by atoms with van der Waals surface area (Å²) in [7, 11) is 0. The van der Waals surface area contributed by atoms with Crippen molar-refractivity contribution < 1.29 is 27.4 Å². The minimum atomic E-state index is -4.57. The predicted octanol–water partition coefficient (Wildman–Crippen LogP) is 7.55. The van der Waals surface area contributed by atoms with E-state index in [0.29, 0.717) is 12.2 Å². The van der Waals surface area contributed by atoms with Gasteiger partial charge in [-0.15, -0.1) is 0 Å². The van der Waals surface area contributed by atoms with Crippen LogP contribution in [0.25, 0.3) is 0 Å². The van der Waals surface area contributed by atoms with Crippen molar-refractivity contribution in [1.29, 1.82) is 0 Å². The summed E-state index contributed by atoms with van der Waals surface area (Å²) in [4.78, 5) is 0. The Labute approximate surface area is 185 Å². The molecule has 0 spiro atoms. The third-order valence-corrected chi connectivity index (χ3v) is 4.34. The molecule has 0 radical (unpaired) electrons. The number of alkyl halides is 3. The van der Waals surface area contributed by atoms with Gasteiger partial charge in [0, 0.05) is 18.6 Å². The van der Waals surface area contributed by atoms with Crippen molar-refractivity contribution in [3.63, 3.8) is 0 Å². The minimum Gasteiger partial charge on any atom is -0.489 e. The van der Waals surface area contributed by atoms with Crippen molar-refractivity contribution in [3.8, 4) is 11.5 Å². The van der Waals surface area contributed by atoms with E-state index in [1.54, 1.807) is 6.92 Å². The maximum absolute atomic E-state index is 12.2. The molecule has 0 aliphatic carbocycles. The highest BCUT2D eigenvalue weighted by Gasteiger charge is 2.31. The van der Waals surface area contributed by atoms with E-state index in [-0.39, 0.29) is 46.2 Å². The lowest BCUT2D eigenvalue weighted by atomic mass is 10.2. The largest absolute Gasteiger partial charge is 0.489 e. The molecule has 0 bridgehead atoms. The molecular weight excluding hydrogens is 486 g/mol. The van der Waals surface area contributed by atoms with Gasteiger partial charge in [-0.25, -0.2) is 0 Å². The number of benzene rings is 1. The van der Waals surface area contributed by atoms with Crippen molar-refractivity contribution in [2.75, 3.05) is 19.8 Å². The molecule has 0 saturated carbocycles. The number of hydrogen-bond donors (Lipinski definition) is 0. The molecule has 3 nitrogen and oxygen atoms in total. The number of hydrogen-bond acceptors (Lipinski definition) is 3. The topological polar surface area (TPSA) is 27.7 Å². The summed E-state index contributed by atoms with van der Waals surface area (Å²) < 4.78 is 52.9. The maximum atomic E-state index is 12.2. The summed E-state index contributed by atoms with van der Waals surface area (Å²) in [5, 5.41) is -0.756. The lowest BCUT2D eigenvalue weighted by Crippen LogP contribution is -2.15. The second-order valence-electron chi connectivity index (χ2n) is 5.36. The lowest BCUT2D eigenvalue weighted by molar-refractivity contribution is -0.0851. The van der Waals surface area contributed by atoms with Crippen molar-refractivity contribution in [2.45, 2.75) is 25.6 Å². The highest BCUT2D eigenvalue weighted by Crippen LogP contribution is 2.37. The zero-order valence-corrected chi connectivity index (χ0v) is 18.2. The van der Waals surface area contributed by atoms with Crippen LogP contribution < -0.4 is 9.47 Å². The molecule has 0 N–H and O–H groups in total. The molecule has 11 heteroatoms. The molecule has 0 aliphatic heterocycles. The second kappa shape index (κ2) is 12.3. The van der Waals surface area contributed by atoms with Gasteiger partial charge in [0.15, 0.2) is 5.75 Å². The first kappa shape index (κ1) is 25.5. The lowest BCUT2D eigenvalue weighted by Gasteiger charge is -2.17. The molecule has 28 heavy (non-hydrogen) atoms. The molecule has 1 aromatic carbocycles. The van der Waals surface area contributed by atoms with Gasteiger partial charge in [0.05, 0.1) is 29.4 Å². The molecule has 1 aromatic rings. The zero-order chi connectivity index (χ0) is 21.3. The summed E-state index contributed by atoms with van der Waals surface area (Å²) >= 11 is 28.4. The van der Waals surface area contributed by atoms with Crippen LogP contribution >= 0.6 is 58.0 Å². The van der Waals surface area contributed by atoms with Gasteiger partial charge in [-0.2, -0.15) is 13.2 Å². The Morgan fingerprint density at radius 3 is 2.21 bits per heavy atom. The Hall–Kier alpha value is -0.500. The van der Waals surface area contributed by atoms with Gasteiger partial charge >= 0.3 is 6.18 Å². The van der Waals surface area contributed by atoms with Crippen LogP contribution in [0.5, 0.6) is 11.5 Å². The van der Waals surface area contributed by atoms with E-state index in [4.69, 9.17) is 72.2 Å². The van der Waals surface area contributed by atoms with Crippen LogP contribution in [0, 0.1) is 0 Å². The van der Waals surface area contributed by atoms with Crippen molar-refractivity contribution in [3.05, 3.63) is 43.9 Å². The third kappa shape index (κ3) is 9.81. The summed E-state index contributed by atoms with van der Waals surface area (Å²) in [6.07, 6.45) is -2.33. The molecule has 1 atom stereocenters. The molecular formula is C17H16Cl5F3O3. The van der Waals surface area contributed by atoms with Crippen molar-refractivity contribution >= 4 is 58.0 Å². The molecule has 0 amide bonds. The molecule has 1 rings (SSSR count). The first-order chi connectivity index (χ1) is 13.0. The van der Waals surface area contributed by atoms with E-state index in [2.05, 4.69) is 0 Å².